The highest BCUT2D eigenvalue weighted by Gasteiger charge is 2.51. The zero-order valence-corrected chi connectivity index (χ0v) is 15.6. The van der Waals surface area contributed by atoms with Crippen molar-refractivity contribution in [2.24, 2.45) is 5.41 Å². The first kappa shape index (κ1) is 19.5. The fraction of sp³-hybridized carbons (Fsp3) is 0.611. The van der Waals surface area contributed by atoms with Gasteiger partial charge in [-0.15, -0.1) is 12.4 Å². The van der Waals surface area contributed by atoms with Crippen LogP contribution in [0, 0.1) is 5.41 Å². The Bertz CT molecular complexity index is 564. The van der Waals surface area contributed by atoms with E-state index in [0.29, 0.717) is 18.2 Å². The second-order valence-electron chi connectivity index (χ2n) is 6.96. The Morgan fingerprint density at radius 2 is 2.00 bits per heavy atom. The van der Waals surface area contributed by atoms with Crippen LogP contribution in [0.25, 0.3) is 0 Å². The van der Waals surface area contributed by atoms with Crippen molar-refractivity contribution in [1.82, 2.24) is 10.6 Å². The van der Waals surface area contributed by atoms with Crippen LogP contribution < -0.4 is 10.6 Å². The third kappa shape index (κ3) is 4.05. The summed E-state index contributed by atoms with van der Waals surface area (Å²) in [7, 11) is 1.74. The molecule has 24 heavy (non-hydrogen) atoms. The molecule has 1 saturated heterocycles. The summed E-state index contributed by atoms with van der Waals surface area (Å²) in [4.78, 5) is 12.8. The van der Waals surface area contributed by atoms with E-state index in [2.05, 4.69) is 10.6 Å². The van der Waals surface area contributed by atoms with Crippen molar-refractivity contribution < 1.29 is 9.53 Å². The molecule has 2 N–H and O–H groups in total. The number of amides is 1. The highest BCUT2D eigenvalue weighted by atomic mass is 35.5. The van der Waals surface area contributed by atoms with Crippen molar-refractivity contribution >= 4 is 29.9 Å². The predicted octanol–water partition coefficient (Wildman–Crippen LogP) is 2.93. The van der Waals surface area contributed by atoms with Crippen molar-refractivity contribution in [1.29, 1.82) is 0 Å². The van der Waals surface area contributed by atoms with Crippen LogP contribution in [0.4, 0.5) is 0 Å². The summed E-state index contributed by atoms with van der Waals surface area (Å²) in [5.41, 5.74) is 0.722. The number of carbonyl (C=O) groups is 1. The lowest BCUT2D eigenvalue weighted by atomic mass is 9.79. The van der Waals surface area contributed by atoms with E-state index in [0.717, 1.165) is 44.3 Å². The van der Waals surface area contributed by atoms with Crippen LogP contribution >= 0.6 is 24.0 Å². The average molecular weight is 373 g/mol. The van der Waals surface area contributed by atoms with Gasteiger partial charge >= 0.3 is 0 Å². The molecule has 4 nitrogen and oxygen atoms in total. The number of halogens is 2. The first-order valence-corrected chi connectivity index (χ1v) is 8.72. The molecule has 134 valence electrons. The molecule has 1 aromatic carbocycles. The van der Waals surface area contributed by atoms with Gasteiger partial charge in [0.1, 0.15) is 0 Å². The van der Waals surface area contributed by atoms with Gasteiger partial charge in [-0.25, -0.2) is 0 Å². The number of benzene rings is 1. The quantitative estimate of drug-likeness (QED) is 0.806. The van der Waals surface area contributed by atoms with Crippen LogP contribution in [0.2, 0.25) is 5.02 Å². The van der Waals surface area contributed by atoms with E-state index in [-0.39, 0.29) is 29.1 Å². The first-order valence-electron chi connectivity index (χ1n) is 8.34. The summed E-state index contributed by atoms with van der Waals surface area (Å²) in [5.74, 6) is 0.133. The van der Waals surface area contributed by atoms with E-state index in [9.17, 15) is 4.79 Å². The normalized spacial score (nSPS) is 20.8. The Kier molecular flexibility index (Phi) is 6.54. The number of methoxy groups -OCH3 is 1. The van der Waals surface area contributed by atoms with E-state index >= 15 is 0 Å². The lowest BCUT2D eigenvalue weighted by molar-refractivity contribution is -0.124. The number of ether oxygens (including phenoxy) is 1. The van der Waals surface area contributed by atoms with Gasteiger partial charge in [0, 0.05) is 24.1 Å². The van der Waals surface area contributed by atoms with Gasteiger partial charge in [-0.3, -0.25) is 4.79 Å². The van der Waals surface area contributed by atoms with Crippen molar-refractivity contribution in [2.75, 3.05) is 33.4 Å². The fourth-order valence-corrected chi connectivity index (χ4v) is 3.82. The number of hydrogen-bond donors (Lipinski definition) is 2. The Morgan fingerprint density at radius 1 is 1.29 bits per heavy atom. The zero-order valence-electron chi connectivity index (χ0n) is 14.1. The third-order valence-corrected chi connectivity index (χ3v) is 5.54. The number of nitrogens with one attached hydrogen (secondary N) is 2. The van der Waals surface area contributed by atoms with Crippen molar-refractivity contribution in [2.45, 2.75) is 31.1 Å². The monoisotopic (exact) mass is 372 g/mol. The van der Waals surface area contributed by atoms with Crippen LogP contribution in [0.3, 0.4) is 0 Å². The van der Waals surface area contributed by atoms with Crippen LogP contribution in [-0.2, 0) is 14.9 Å². The van der Waals surface area contributed by atoms with E-state index < -0.39 is 0 Å². The van der Waals surface area contributed by atoms with Gasteiger partial charge in [0.15, 0.2) is 0 Å². The molecule has 0 aromatic heterocycles. The van der Waals surface area contributed by atoms with Crippen molar-refractivity contribution in [3.8, 4) is 0 Å². The molecule has 0 radical (unpaired) electrons. The van der Waals surface area contributed by atoms with Gasteiger partial charge in [0.25, 0.3) is 0 Å². The van der Waals surface area contributed by atoms with Crippen LogP contribution in [-0.4, -0.2) is 39.3 Å². The Balaban J connectivity index is 0.00000208. The van der Waals surface area contributed by atoms with E-state index in [1.807, 2.05) is 24.3 Å². The minimum absolute atomic E-state index is 0. The molecule has 3 rings (SSSR count). The molecular formula is C18H26Cl2N2O2. The third-order valence-electron chi connectivity index (χ3n) is 5.30. The van der Waals surface area contributed by atoms with Crippen LogP contribution in [0.15, 0.2) is 24.3 Å². The van der Waals surface area contributed by atoms with E-state index in [1.165, 1.54) is 0 Å². The van der Waals surface area contributed by atoms with Gasteiger partial charge < -0.3 is 15.4 Å². The average Bonchev–Trinajstić information content (AvgIpc) is 3.36. The van der Waals surface area contributed by atoms with E-state index in [4.69, 9.17) is 16.3 Å². The summed E-state index contributed by atoms with van der Waals surface area (Å²) >= 11 is 6.09. The Morgan fingerprint density at radius 3 is 2.58 bits per heavy atom. The predicted molar refractivity (Wildman–Crippen MR) is 99.0 cm³/mol. The maximum Gasteiger partial charge on any atom is 0.230 e. The lowest BCUT2D eigenvalue weighted by Gasteiger charge is -2.37. The maximum atomic E-state index is 12.8. The highest BCUT2D eigenvalue weighted by Crippen LogP contribution is 2.49. The first-order chi connectivity index (χ1) is 11.1. The van der Waals surface area contributed by atoms with Gasteiger partial charge in [0.2, 0.25) is 5.91 Å². The summed E-state index contributed by atoms with van der Waals surface area (Å²) in [6.07, 6.45) is 3.87. The minimum atomic E-state index is -0.369. The molecular weight excluding hydrogens is 347 g/mol. The molecule has 0 atom stereocenters. The van der Waals surface area contributed by atoms with Crippen molar-refractivity contribution in [3.63, 3.8) is 0 Å². The molecule has 1 saturated carbocycles. The molecule has 2 aliphatic rings. The smallest absolute Gasteiger partial charge is 0.230 e. The largest absolute Gasteiger partial charge is 0.384 e. The molecule has 0 spiro atoms. The molecule has 1 aliphatic carbocycles. The van der Waals surface area contributed by atoms with Crippen LogP contribution in [0.1, 0.15) is 31.2 Å². The zero-order chi connectivity index (χ0) is 16.3. The summed E-state index contributed by atoms with van der Waals surface area (Å²) < 4.78 is 5.42. The van der Waals surface area contributed by atoms with E-state index in [1.54, 1.807) is 7.11 Å². The molecule has 1 heterocycles. The fourth-order valence-electron chi connectivity index (χ4n) is 3.63. The number of carbonyl (C=O) groups excluding carboxylic acids is 1. The summed E-state index contributed by atoms with van der Waals surface area (Å²) in [6, 6.07) is 7.70. The molecule has 1 aromatic rings. The van der Waals surface area contributed by atoms with Gasteiger partial charge in [0.05, 0.1) is 12.0 Å². The molecule has 1 aliphatic heterocycles. The highest BCUT2D eigenvalue weighted by molar-refractivity contribution is 6.30. The second kappa shape index (κ2) is 8.05. The standard InChI is InChI=1S/C18H25ClN2O2.ClH/c1-23-13-17(7-9-20-10-8-17)12-21-16(22)18(5-6-18)14-3-2-4-15(19)11-14;/h2-4,11,20H,5-10,12-13H2,1H3,(H,21,22);1H. The molecule has 0 unspecified atom stereocenters. The topological polar surface area (TPSA) is 50.4 Å². The Hall–Kier alpha value is -0.810. The van der Waals surface area contributed by atoms with Crippen molar-refractivity contribution in [3.05, 3.63) is 34.9 Å². The minimum Gasteiger partial charge on any atom is -0.384 e. The second-order valence-corrected chi connectivity index (χ2v) is 7.39. The lowest BCUT2D eigenvalue weighted by Crippen LogP contribution is -2.49. The molecule has 2 fully saturated rings. The SMILES string of the molecule is COCC1(CNC(=O)C2(c3cccc(Cl)c3)CC2)CCNCC1.Cl. The van der Waals surface area contributed by atoms with Gasteiger partial charge in [-0.1, -0.05) is 23.7 Å². The number of piperidine rings is 1. The number of hydrogen-bond acceptors (Lipinski definition) is 3. The number of rotatable bonds is 6. The maximum absolute atomic E-state index is 12.8. The van der Waals surface area contributed by atoms with Crippen LogP contribution in [0.5, 0.6) is 0 Å². The van der Waals surface area contributed by atoms with Gasteiger partial charge in [-0.2, -0.15) is 0 Å². The summed E-state index contributed by atoms with van der Waals surface area (Å²) in [5, 5.41) is 7.28. The van der Waals surface area contributed by atoms with Gasteiger partial charge in [-0.05, 0) is 56.5 Å². The summed E-state index contributed by atoms with van der Waals surface area (Å²) in [6.45, 7) is 3.35. The molecule has 1 amide bonds. The molecule has 6 heteroatoms. The Labute approximate surface area is 155 Å². The molecule has 0 bridgehead atoms.